The second kappa shape index (κ2) is 37.6. The Labute approximate surface area is 537 Å². The fourth-order valence-electron chi connectivity index (χ4n) is 2.40. The molecule has 0 rings (SSSR count). The van der Waals surface area contributed by atoms with Gasteiger partial charge in [-0.15, -0.1) is 0 Å². The van der Waals surface area contributed by atoms with E-state index < -0.39 is 148 Å². The molecule has 0 saturated heterocycles. The third kappa shape index (κ3) is 53.6. The van der Waals surface area contributed by atoms with E-state index in [0.717, 1.165) is 16.5 Å². The van der Waals surface area contributed by atoms with Gasteiger partial charge in [-0.3, -0.25) is 0 Å². The summed E-state index contributed by atoms with van der Waals surface area (Å²) in [5.41, 5.74) is -49.6. The Morgan fingerprint density at radius 3 is 0.319 bits per heavy atom. The van der Waals surface area contributed by atoms with Crippen molar-refractivity contribution in [2.24, 2.45) is 0 Å². The summed E-state index contributed by atoms with van der Waals surface area (Å²) in [5, 5.41) is 39.6. The Bertz CT molecular complexity index is 2760. The van der Waals surface area contributed by atoms with Crippen molar-refractivity contribution in [2.45, 2.75) is 44.1 Å². The fourth-order valence-corrected chi connectivity index (χ4v) is 9.24. The summed E-state index contributed by atoms with van der Waals surface area (Å²) in [4.78, 5) is 39.6. The van der Waals surface area contributed by atoms with E-state index in [0.29, 0.717) is 17.9 Å². The van der Waals surface area contributed by atoms with Gasteiger partial charge in [-0.2, -0.15) is 105 Å². The van der Waals surface area contributed by atoms with Gasteiger partial charge in [0.25, 0.3) is 0 Å². The Morgan fingerprint density at radius 1 is 0.234 bits per heavy atom. The predicted molar refractivity (Wildman–Crippen MR) is 245 cm³/mol. The van der Waals surface area contributed by atoms with Crippen LogP contribution < -0.4 is 20.4 Å². The van der Waals surface area contributed by atoms with E-state index in [2.05, 4.69) is 0 Å². The molecule has 0 saturated carbocycles. The van der Waals surface area contributed by atoms with E-state index in [-0.39, 0.29) is 60.3 Å². The van der Waals surface area contributed by atoms with Crippen LogP contribution in [0.1, 0.15) is 0 Å². The first-order valence-electron chi connectivity index (χ1n) is 20.0. The van der Waals surface area contributed by atoms with E-state index in [1.807, 2.05) is 0 Å². The van der Waals surface area contributed by atoms with Crippen LogP contribution >= 0.6 is 0 Å². The second-order valence-electron chi connectivity index (χ2n) is 18.9. The predicted octanol–water partition coefficient (Wildman–Crippen LogP) is -2.00. The quantitative estimate of drug-likeness (QED) is 0.0916. The van der Waals surface area contributed by atoms with E-state index in [1.54, 1.807) is 84.6 Å². The molecule has 0 bridgehead atoms. The second-order valence-corrected chi connectivity index (χ2v) is 32.6. The summed E-state index contributed by atoms with van der Waals surface area (Å²) < 4.78 is 438. The molecule has 0 aliphatic rings. The van der Waals surface area contributed by atoms with Crippen molar-refractivity contribution in [1.82, 2.24) is 0 Å². The Hall–Kier alpha value is -3.48. The van der Waals surface area contributed by atoms with Gasteiger partial charge in [-0.1, -0.05) is 0 Å². The van der Waals surface area contributed by atoms with Crippen LogP contribution in [-0.4, -0.2) is 264 Å². The number of aliphatic carboxylic acids is 4. The van der Waals surface area contributed by atoms with Crippen LogP contribution in [0.4, 0.5) is 105 Å². The molecule has 0 aromatic carbocycles. The zero-order chi connectivity index (χ0) is 78.0. The van der Waals surface area contributed by atoms with Gasteiger partial charge in [0.05, 0.1) is 108 Å². The molecule has 0 atom stereocenters. The van der Waals surface area contributed by atoms with Crippen molar-refractivity contribution in [3.8, 4) is 0 Å². The maximum Gasteiger partial charge on any atom is 2.00 e. The van der Waals surface area contributed by atoms with Crippen LogP contribution in [-0.2, 0) is 134 Å². The number of hydrogen-bond donors (Lipinski definition) is 0. The number of hydrogen-bond acceptors (Lipinski definition) is 24. The molecule has 0 amide bonds. The SMILES string of the molecule is C[N+](C)(C)CC(=O)[O-].C[N+](C)(C)CC(=O)[O-].C[N+](C)(C)CC(=O)[O-].C[N+](C)(C)CC(=O)[O-].O=S(=O)([N-]S(=O)(=O)C(F)(F)F)C(F)(F)F.O=S(=O)([N-]S(=O)(=O)C(F)(F)F)C(F)(F)F.O=S(=O)([N-]S(=O)(=O)C(F)(F)F)C(F)(F)F.O=S(=O)([N-]S(=O)(=O)C(F)(F)F)C(F)(F)F.[Cu+2].[Cu+2]. The number of carbonyl (C=O) groups excluding carboxylic acids is 4. The summed E-state index contributed by atoms with van der Waals surface area (Å²) in [5.74, 6) is -4.01. The number of carboxylic acids is 4. The normalized spacial score (nSPS) is 13.7. The van der Waals surface area contributed by atoms with Crippen molar-refractivity contribution in [3.63, 3.8) is 0 Å². The van der Waals surface area contributed by atoms with Crippen LogP contribution in [0.25, 0.3) is 16.5 Å². The molecular formula is C28H44Cu2F24N8O24S8. The van der Waals surface area contributed by atoms with E-state index in [9.17, 15) is 212 Å². The molecule has 94 heavy (non-hydrogen) atoms. The Balaban J connectivity index is -0.000000109. The molecule has 0 heterocycles. The third-order valence-corrected chi connectivity index (χ3v) is 16.5. The number of alkyl halides is 24. The molecule has 0 unspecified atom stereocenters. The topological polar surface area (TPSA) is 490 Å². The van der Waals surface area contributed by atoms with Crippen molar-refractivity contribution in [1.29, 1.82) is 0 Å². The Morgan fingerprint density at radius 2 is 0.298 bits per heavy atom. The van der Waals surface area contributed by atoms with Crippen molar-refractivity contribution in [2.75, 3.05) is 111 Å². The van der Waals surface area contributed by atoms with Gasteiger partial charge in [0.15, 0.2) is 80.2 Å². The van der Waals surface area contributed by atoms with Gasteiger partial charge in [0.2, 0.25) is 0 Å². The summed E-state index contributed by atoms with van der Waals surface area (Å²) >= 11 is 0. The summed E-state index contributed by atoms with van der Waals surface area (Å²) in [7, 11) is -32.2. The number of sulfonamides is 8. The minimum Gasteiger partial charge on any atom is -0.544 e. The minimum atomic E-state index is -6.72. The zero-order valence-electron chi connectivity index (χ0n) is 47.1. The average Bonchev–Trinajstić information content (AvgIpc) is 3.10. The average molecular weight is 1720 g/mol. The first-order valence-corrected chi connectivity index (χ1v) is 31.5. The van der Waals surface area contributed by atoms with Gasteiger partial charge >= 0.3 is 78.2 Å². The standard InChI is InChI=1S/4C5H11NO2.4C2F6NO4S2.2Cu/c4*1-6(2,3)4-5(7)8;4*3-1(4,5)14(10,11)9-15(12,13)2(6,7)8;;/h4*4H2,1-3H3;;;;;;/q;;;;4*-1;2*+2. The maximum absolute atomic E-state index is 11.4. The van der Waals surface area contributed by atoms with Crippen LogP contribution in [0.2, 0.25) is 0 Å². The molecule has 0 aromatic heterocycles. The Kier molecular flexibility index (Phi) is 44.8. The smallest absolute Gasteiger partial charge is 0.544 e. The number of halogens is 24. The number of quaternary nitrogens is 4. The maximum atomic E-state index is 11.4. The zero-order valence-corrected chi connectivity index (χ0v) is 55.6. The number of carbonyl (C=O) groups is 4. The van der Waals surface area contributed by atoms with Crippen LogP contribution in [0.5, 0.6) is 0 Å². The number of nitrogens with zero attached hydrogens (tertiary/aromatic N) is 8. The molecule has 32 nitrogen and oxygen atoms in total. The summed E-state index contributed by atoms with van der Waals surface area (Å²) in [6.07, 6.45) is 0. The summed E-state index contributed by atoms with van der Waals surface area (Å²) in [6.45, 7) is 0.278. The van der Waals surface area contributed by atoms with E-state index >= 15 is 0 Å². The first kappa shape index (κ1) is 112. The third-order valence-electron chi connectivity index (χ3n) is 5.54. The molecule has 0 N–H and O–H groups in total. The van der Waals surface area contributed by atoms with Crippen molar-refractivity contribution in [3.05, 3.63) is 16.5 Å². The van der Waals surface area contributed by atoms with Crippen molar-refractivity contribution < 1.29 is 264 Å². The molecule has 66 heteroatoms. The molecule has 2 radical (unpaired) electrons. The van der Waals surface area contributed by atoms with Gasteiger partial charge in [-0.05, 0) is 0 Å². The first-order chi connectivity index (χ1) is 38.5. The van der Waals surface area contributed by atoms with E-state index in [4.69, 9.17) is 0 Å². The molecule has 0 aliphatic heterocycles. The molecule has 0 aliphatic carbocycles. The van der Waals surface area contributed by atoms with Crippen LogP contribution in [0.3, 0.4) is 0 Å². The monoisotopic (exact) mass is 1710 g/mol. The van der Waals surface area contributed by atoms with Gasteiger partial charge in [-0.25, -0.2) is 67.3 Å². The summed E-state index contributed by atoms with van der Waals surface area (Å²) in [6, 6.07) is 0. The minimum absolute atomic E-state index is 0. The van der Waals surface area contributed by atoms with Gasteiger partial charge in [0.1, 0.15) is 26.2 Å². The molecule has 0 fully saturated rings. The molecular weight excluding hydrogens is 1670 g/mol. The van der Waals surface area contributed by atoms with Crippen LogP contribution in [0.15, 0.2) is 0 Å². The molecule has 578 valence electrons. The number of rotatable bonds is 16. The number of carboxylic acid groups (broad SMARTS) is 4. The van der Waals surface area contributed by atoms with Gasteiger partial charge < -0.3 is 74.0 Å². The van der Waals surface area contributed by atoms with Crippen molar-refractivity contribution >= 4 is 104 Å². The molecule has 0 spiro atoms. The largest absolute Gasteiger partial charge is 2.00 e. The van der Waals surface area contributed by atoms with E-state index in [1.165, 1.54) is 0 Å². The van der Waals surface area contributed by atoms with Gasteiger partial charge in [0, 0.05) is 0 Å². The fraction of sp³-hybridized carbons (Fsp3) is 0.857. The number of likely N-dealkylation sites (N-methyl/N-ethyl adjacent to an activating group) is 4. The van der Waals surface area contributed by atoms with Crippen LogP contribution in [0, 0.1) is 0 Å². The molecule has 0 aromatic rings.